The molecule has 0 aromatic heterocycles. The van der Waals surface area contributed by atoms with E-state index in [1.807, 2.05) is 72.7 Å². The van der Waals surface area contributed by atoms with Gasteiger partial charge in [0.25, 0.3) is 0 Å². The second kappa shape index (κ2) is 7.84. The van der Waals surface area contributed by atoms with Crippen molar-refractivity contribution < 1.29 is 23.6 Å². The van der Waals surface area contributed by atoms with Gasteiger partial charge in [-0.15, -0.1) is 0 Å². The molecule has 6 nitrogen and oxygen atoms in total. The number of carbonyl (C=O) groups excluding carboxylic acids is 1. The molecule has 0 spiro atoms. The fourth-order valence-corrected chi connectivity index (χ4v) is 3.55. The normalized spacial score (nSPS) is 25.7. The third-order valence-electron chi connectivity index (χ3n) is 5.85. The molecule has 1 aromatic rings. The van der Waals surface area contributed by atoms with Crippen LogP contribution in [0.2, 0.25) is 0 Å². The number of ether oxygens (including phenoxy) is 2. The number of nitrogens with one attached hydrogen (secondary N) is 1. The van der Waals surface area contributed by atoms with Gasteiger partial charge in [0, 0.05) is 0 Å². The van der Waals surface area contributed by atoms with E-state index >= 15 is 0 Å². The molecule has 1 aliphatic heterocycles. The zero-order chi connectivity index (χ0) is 21.4. The fourth-order valence-electron chi connectivity index (χ4n) is 3.55. The molecule has 1 aromatic carbocycles. The van der Waals surface area contributed by atoms with Gasteiger partial charge in [0.15, 0.2) is 0 Å². The average Bonchev–Trinajstić information content (AvgIpc) is 3.07. The maximum atomic E-state index is 12.1. The lowest BCUT2D eigenvalue weighted by atomic mass is 9.79. The monoisotopic (exact) mass is 403 g/mol. The highest BCUT2D eigenvalue weighted by atomic mass is 16.7. The third-order valence-corrected chi connectivity index (χ3v) is 5.85. The molecular weight excluding hydrogens is 369 g/mol. The zero-order valence-electron chi connectivity index (χ0n) is 18.7. The largest absolute Gasteiger partial charge is 0.494 e. The topological polar surface area (TPSA) is 66.0 Å². The summed E-state index contributed by atoms with van der Waals surface area (Å²) in [6, 6.07) is 7.77. The Morgan fingerprint density at radius 3 is 2.21 bits per heavy atom. The molecule has 1 heterocycles. The van der Waals surface area contributed by atoms with E-state index in [2.05, 4.69) is 5.32 Å². The second-order valence-corrected chi connectivity index (χ2v) is 10.00. The average molecular weight is 403 g/mol. The van der Waals surface area contributed by atoms with E-state index in [0.29, 0.717) is 0 Å². The van der Waals surface area contributed by atoms with Crippen LogP contribution in [0.1, 0.15) is 67.7 Å². The van der Waals surface area contributed by atoms with E-state index in [0.717, 1.165) is 30.5 Å². The summed E-state index contributed by atoms with van der Waals surface area (Å²) in [6.45, 7) is 13.7. The lowest BCUT2D eigenvalue weighted by Crippen LogP contribution is -2.44. The lowest BCUT2D eigenvalue weighted by Gasteiger charge is -2.32. The Hall–Kier alpha value is -1.73. The molecule has 3 rings (SSSR count). The summed E-state index contributed by atoms with van der Waals surface area (Å²) in [5.41, 5.74) is -0.275. The van der Waals surface area contributed by atoms with Crippen LogP contribution in [0.4, 0.5) is 4.79 Å². The van der Waals surface area contributed by atoms with Gasteiger partial charge >= 0.3 is 13.2 Å². The summed E-state index contributed by atoms with van der Waals surface area (Å²) >= 11 is 0. The highest BCUT2D eigenvalue weighted by Crippen LogP contribution is 2.36. The molecular formula is C22H34BNO5. The lowest BCUT2D eigenvalue weighted by molar-refractivity contribution is 0.00578. The van der Waals surface area contributed by atoms with Crippen LogP contribution in [0.15, 0.2) is 24.3 Å². The first-order chi connectivity index (χ1) is 13.4. The zero-order valence-corrected chi connectivity index (χ0v) is 18.7. The van der Waals surface area contributed by atoms with Crippen LogP contribution in [-0.2, 0) is 14.0 Å². The van der Waals surface area contributed by atoms with Crippen molar-refractivity contribution in [3.8, 4) is 5.75 Å². The van der Waals surface area contributed by atoms with Crippen molar-refractivity contribution in [3.63, 3.8) is 0 Å². The number of benzene rings is 1. The Bertz CT molecular complexity index is 710. The predicted octanol–water partition coefficient (Wildman–Crippen LogP) is 3.81. The Labute approximate surface area is 174 Å². The first-order valence-corrected chi connectivity index (χ1v) is 10.5. The number of hydrogen-bond donors (Lipinski definition) is 1. The van der Waals surface area contributed by atoms with E-state index in [-0.39, 0.29) is 30.5 Å². The predicted molar refractivity (Wildman–Crippen MR) is 114 cm³/mol. The van der Waals surface area contributed by atoms with Crippen LogP contribution in [0.25, 0.3) is 0 Å². The second-order valence-electron chi connectivity index (χ2n) is 10.00. The molecule has 2 fully saturated rings. The SMILES string of the molecule is CC(C)(C)OC(=O)N[C@@H]1CCC[C@@H]1Oc1ccc(B2OC(C)(C)C(C)(C)O2)cc1. The van der Waals surface area contributed by atoms with Gasteiger partial charge in [-0.05, 0) is 85.3 Å². The van der Waals surface area contributed by atoms with E-state index in [4.69, 9.17) is 18.8 Å². The maximum Gasteiger partial charge on any atom is 0.494 e. The van der Waals surface area contributed by atoms with Gasteiger partial charge in [0.1, 0.15) is 17.5 Å². The van der Waals surface area contributed by atoms with E-state index in [1.54, 1.807) is 0 Å². The van der Waals surface area contributed by atoms with E-state index in [1.165, 1.54) is 0 Å². The highest BCUT2D eigenvalue weighted by Gasteiger charge is 2.51. The number of amides is 1. The van der Waals surface area contributed by atoms with Crippen molar-refractivity contribution in [1.82, 2.24) is 5.32 Å². The van der Waals surface area contributed by atoms with Gasteiger partial charge in [-0.25, -0.2) is 4.79 Å². The molecule has 0 unspecified atom stereocenters. The van der Waals surface area contributed by atoms with Gasteiger partial charge < -0.3 is 24.1 Å². The fraction of sp³-hybridized carbons (Fsp3) is 0.682. The van der Waals surface area contributed by atoms with Crippen molar-refractivity contribution in [1.29, 1.82) is 0 Å². The summed E-state index contributed by atoms with van der Waals surface area (Å²) in [5.74, 6) is 0.771. The molecule has 0 radical (unpaired) electrons. The van der Waals surface area contributed by atoms with Crippen LogP contribution in [0.3, 0.4) is 0 Å². The molecule has 7 heteroatoms. The Balaban J connectivity index is 1.59. The summed E-state index contributed by atoms with van der Waals surface area (Å²) in [4.78, 5) is 12.1. The van der Waals surface area contributed by atoms with Gasteiger partial charge in [0.05, 0.1) is 17.2 Å². The maximum absolute atomic E-state index is 12.1. The molecule has 1 aliphatic carbocycles. The van der Waals surface area contributed by atoms with Crippen molar-refractivity contribution in [2.24, 2.45) is 0 Å². The van der Waals surface area contributed by atoms with E-state index in [9.17, 15) is 4.79 Å². The van der Waals surface area contributed by atoms with Crippen molar-refractivity contribution in [2.45, 2.75) is 96.7 Å². The van der Waals surface area contributed by atoms with Crippen LogP contribution in [-0.4, -0.2) is 42.2 Å². The molecule has 1 N–H and O–H groups in total. The Morgan fingerprint density at radius 2 is 1.66 bits per heavy atom. The molecule has 1 amide bonds. The minimum Gasteiger partial charge on any atom is -0.488 e. The summed E-state index contributed by atoms with van der Waals surface area (Å²) in [6.07, 6.45) is 2.34. The van der Waals surface area contributed by atoms with Crippen molar-refractivity contribution >= 4 is 18.7 Å². The number of carbonyl (C=O) groups is 1. The number of rotatable bonds is 4. The minimum atomic E-state index is -0.512. The summed E-state index contributed by atoms with van der Waals surface area (Å²) < 4.78 is 23.7. The highest BCUT2D eigenvalue weighted by molar-refractivity contribution is 6.62. The summed E-state index contributed by atoms with van der Waals surface area (Å²) in [5, 5.41) is 2.95. The first kappa shape index (κ1) is 22.0. The molecule has 1 saturated carbocycles. The minimum absolute atomic E-state index is 0.0485. The van der Waals surface area contributed by atoms with E-state index < -0.39 is 11.7 Å². The molecule has 1 saturated heterocycles. The first-order valence-electron chi connectivity index (χ1n) is 10.5. The number of hydrogen-bond acceptors (Lipinski definition) is 5. The van der Waals surface area contributed by atoms with Crippen molar-refractivity contribution in [2.75, 3.05) is 0 Å². The molecule has 2 aliphatic rings. The third kappa shape index (κ3) is 5.26. The van der Waals surface area contributed by atoms with Gasteiger partial charge in [0.2, 0.25) is 0 Å². The van der Waals surface area contributed by atoms with Crippen LogP contribution < -0.4 is 15.5 Å². The molecule has 0 bridgehead atoms. The Kier molecular flexibility index (Phi) is 5.94. The molecule has 2 atom stereocenters. The quantitative estimate of drug-likeness (QED) is 0.775. The smallest absolute Gasteiger partial charge is 0.488 e. The van der Waals surface area contributed by atoms with Gasteiger partial charge in [-0.1, -0.05) is 12.1 Å². The van der Waals surface area contributed by atoms with Crippen LogP contribution in [0, 0.1) is 0 Å². The summed E-state index contributed by atoms with van der Waals surface area (Å²) in [7, 11) is -0.387. The van der Waals surface area contributed by atoms with Gasteiger partial charge in [-0.2, -0.15) is 0 Å². The van der Waals surface area contributed by atoms with Crippen molar-refractivity contribution in [3.05, 3.63) is 24.3 Å². The number of alkyl carbamates (subject to hydrolysis) is 1. The van der Waals surface area contributed by atoms with Gasteiger partial charge in [-0.3, -0.25) is 0 Å². The molecule has 29 heavy (non-hydrogen) atoms. The Morgan fingerprint density at radius 1 is 1.07 bits per heavy atom. The molecule has 160 valence electrons. The van der Waals surface area contributed by atoms with Crippen LogP contribution >= 0.6 is 0 Å². The van der Waals surface area contributed by atoms with Crippen LogP contribution in [0.5, 0.6) is 5.75 Å². The standard InChI is InChI=1S/C22H34BNO5/c1-20(2,3)27-19(25)24-17-9-8-10-18(17)26-16-13-11-15(12-14-16)23-28-21(4,5)22(6,7)29-23/h11-14,17-18H,8-10H2,1-7H3,(H,24,25)/t17-,18+/m1/s1.